The van der Waals surface area contributed by atoms with Crippen molar-refractivity contribution in [2.75, 3.05) is 13.1 Å². The molecule has 1 aliphatic heterocycles. The van der Waals surface area contributed by atoms with Crippen LogP contribution in [0.15, 0.2) is 48.5 Å². The molecule has 7 heteroatoms. The van der Waals surface area contributed by atoms with Gasteiger partial charge in [0, 0.05) is 24.7 Å². The summed E-state index contributed by atoms with van der Waals surface area (Å²) in [4.78, 5) is 26.0. The van der Waals surface area contributed by atoms with Gasteiger partial charge in [0.1, 0.15) is 11.6 Å². The third-order valence-corrected chi connectivity index (χ3v) is 4.64. The van der Waals surface area contributed by atoms with Crippen molar-refractivity contribution in [1.82, 2.24) is 10.2 Å². The maximum Gasteiger partial charge on any atom is 0.251 e. The van der Waals surface area contributed by atoms with Crippen LogP contribution in [0.1, 0.15) is 22.3 Å². The smallest absolute Gasteiger partial charge is 0.251 e. The maximum absolute atomic E-state index is 13.7. The maximum atomic E-state index is 13.7. The molecular weight excluding hydrogens is 354 g/mol. The van der Waals surface area contributed by atoms with Gasteiger partial charge in [-0.3, -0.25) is 9.59 Å². The Morgan fingerprint density at radius 3 is 2.56 bits per heavy atom. The molecule has 1 saturated heterocycles. The number of rotatable bonds is 4. The predicted molar refractivity (Wildman–Crippen MR) is 95.0 cm³/mol. The van der Waals surface area contributed by atoms with Crippen LogP contribution in [0.2, 0.25) is 0 Å². The molecule has 1 aliphatic rings. The Bertz CT molecular complexity index is 829. The second-order valence-electron chi connectivity index (χ2n) is 6.55. The van der Waals surface area contributed by atoms with Crippen molar-refractivity contribution in [2.45, 2.75) is 25.0 Å². The molecule has 0 unspecified atom stereocenters. The molecule has 0 aliphatic carbocycles. The largest absolute Gasteiger partial charge is 0.389 e. The highest BCUT2D eigenvalue weighted by Gasteiger charge is 2.31. The van der Waals surface area contributed by atoms with Crippen molar-refractivity contribution in [3.8, 4) is 0 Å². The molecule has 1 heterocycles. The van der Waals surface area contributed by atoms with E-state index in [1.165, 1.54) is 11.0 Å². The molecule has 0 aromatic heterocycles. The number of carbonyl (C=O) groups excluding carboxylic acids is 2. The van der Waals surface area contributed by atoms with E-state index in [-0.39, 0.29) is 30.3 Å². The van der Waals surface area contributed by atoms with Gasteiger partial charge in [-0.25, -0.2) is 8.78 Å². The number of benzene rings is 2. The standard InChI is InChI=1S/C20H20F2N2O3/c21-15-7-6-14(16(22)11-15)10-19(26)24-9-8-17(18(25)12-24)23-20(27)13-4-2-1-3-5-13/h1-7,11,17-18,25H,8-10,12H2,(H,23,27)/t17-,18-/m1/s1. The number of halogens is 2. The average molecular weight is 374 g/mol. The molecule has 0 spiro atoms. The van der Waals surface area contributed by atoms with Gasteiger partial charge in [0.25, 0.3) is 5.91 Å². The van der Waals surface area contributed by atoms with Crippen molar-refractivity contribution in [1.29, 1.82) is 0 Å². The van der Waals surface area contributed by atoms with E-state index < -0.39 is 23.8 Å². The van der Waals surface area contributed by atoms with Gasteiger partial charge in [-0.15, -0.1) is 0 Å². The van der Waals surface area contributed by atoms with E-state index in [2.05, 4.69) is 5.32 Å². The number of nitrogens with one attached hydrogen (secondary N) is 1. The molecule has 0 radical (unpaired) electrons. The highest BCUT2D eigenvalue weighted by atomic mass is 19.1. The molecule has 142 valence electrons. The fourth-order valence-electron chi connectivity index (χ4n) is 3.11. The lowest BCUT2D eigenvalue weighted by Gasteiger charge is -2.36. The summed E-state index contributed by atoms with van der Waals surface area (Å²) in [6, 6.07) is 11.3. The Morgan fingerprint density at radius 2 is 1.89 bits per heavy atom. The summed E-state index contributed by atoms with van der Waals surface area (Å²) in [5.41, 5.74) is 0.602. The lowest BCUT2D eigenvalue weighted by atomic mass is 10.00. The first-order valence-corrected chi connectivity index (χ1v) is 8.69. The summed E-state index contributed by atoms with van der Waals surface area (Å²) in [6.45, 7) is 0.375. The Hall–Kier alpha value is -2.80. The highest BCUT2D eigenvalue weighted by molar-refractivity contribution is 5.94. The molecule has 5 nitrogen and oxygen atoms in total. The molecule has 2 aromatic carbocycles. The number of nitrogens with zero attached hydrogens (tertiary/aromatic N) is 1. The molecule has 2 amide bonds. The van der Waals surface area contributed by atoms with Gasteiger partial charge in [0.2, 0.25) is 5.91 Å². The van der Waals surface area contributed by atoms with Crippen molar-refractivity contribution in [3.05, 3.63) is 71.3 Å². The minimum absolute atomic E-state index is 0.0430. The fourth-order valence-corrected chi connectivity index (χ4v) is 3.11. The SMILES string of the molecule is O=C(N[C@@H]1CCN(C(=O)Cc2ccc(F)cc2F)C[C@H]1O)c1ccccc1. The lowest BCUT2D eigenvalue weighted by Crippen LogP contribution is -2.55. The predicted octanol–water partition coefficient (Wildman–Crippen LogP) is 1.90. The second kappa shape index (κ2) is 8.26. The Morgan fingerprint density at radius 1 is 1.15 bits per heavy atom. The first kappa shape index (κ1) is 19.0. The molecule has 2 atom stereocenters. The molecule has 27 heavy (non-hydrogen) atoms. The summed E-state index contributed by atoms with van der Waals surface area (Å²) < 4.78 is 26.7. The Labute approximate surface area is 155 Å². The number of piperidine rings is 1. The molecule has 0 saturated carbocycles. The zero-order valence-electron chi connectivity index (χ0n) is 14.6. The van der Waals surface area contributed by atoms with Crippen molar-refractivity contribution < 1.29 is 23.5 Å². The topological polar surface area (TPSA) is 69.6 Å². The minimum atomic E-state index is -0.923. The zero-order chi connectivity index (χ0) is 19.4. The van der Waals surface area contributed by atoms with E-state index >= 15 is 0 Å². The molecule has 2 N–H and O–H groups in total. The summed E-state index contributed by atoms with van der Waals surface area (Å²) >= 11 is 0. The minimum Gasteiger partial charge on any atom is -0.389 e. The number of aliphatic hydroxyl groups is 1. The van der Waals surface area contributed by atoms with Crippen LogP contribution in [0.3, 0.4) is 0 Å². The van der Waals surface area contributed by atoms with Crippen LogP contribution in [0.25, 0.3) is 0 Å². The summed E-state index contributed by atoms with van der Waals surface area (Å²) in [5, 5.41) is 13.1. The number of likely N-dealkylation sites (tertiary alicyclic amines) is 1. The molecule has 0 bridgehead atoms. The van der Waals surface area contributed by atoms with Crippen molar-refractivity contribution >= 4 is 11.8 Å². The third-order valence-electron chi connectivity index (χ3n) is 4.64. The summed E-state index contributed by atoms with van der Waals surface area (Å²) in [7, 11) is 0. The monoisotopic (exact) mass is 374 g/mol. The Balaban J connectivity index is 1.56. The molecule has 1 fully saturated rings. The van der Waals surface area contributed by atoms with E-state index in [0.29, 0.717) is 18.5 Å². The van der Waals surface area contributed by atoms with Crippen LogP contribution in [0.4, 0.5) is 8.78 Å². The first-order valence-electron chi connectivity index (χ1n) is 8.69. The number of β-amino-alcohol motifs (C(OH)–C–C–N with tert-alkyl or cyclic N) is 1. The van der Waals surface area contributed by atoms with E-state index in [4.69, 9.17) is 0 Å². The lowest BCUT2D eigenvalue weighted by molar-refractivity contribution is -0.134. The van der Waals surface area contributed by atoms with Gasteiger partial charge in [-0.05, 0) is 30.2 Å². The molecule has 3 rings (SSSR count). The second-order valence-corrected chi connectivity index (χ2v) is 6.55. The van der Waals surface area contributed by atoms with Crippen LogP contribution in [0.5, 0.6) is 0 Å². The number of carbonyl (C=O) groups is 2. The number of aliphatic hydroxyl groups excluding tert-OH is 1. The average Bonchev–Trinajstić information content (AvgIpc) is 2.66. The highest BCUT2D eigenvalue weighted by Crippen LogP contribution is 2.16. The third kappa shape index (κ3) is 4.68. The Kier molecular flexibility index (Phi) is 5.81. The summed E-state index contributed by atoms with van der Waals surface area (Å²) in [5.74, 6) is -2.11. The van der Waals surface area contributed by atoms with Crippen LogP contribution < -0.4 is 5.32 Å². The van der Waals surface area contributed by atoms with Gasteiger partial charge >= 0.3 is 0 Å². The van der Waals surface area contributed by atoms with Gasteiger partial charge in [0.15, 0.2) is 0 Å². The van der Waals surface area contributed by atoms with Crippen LogP contribution >= 0.6 is 0 Å². The quantitative estimate of drug-likeness (QED) is 0.859. The van der Waals surface area contributed by atoms with Gasteiger partial charge in [-0.2, -0.15) is 0 Å². The van der Waals surface area contributed by atoms with E-state index in [1.807, 2.05) is 0 Å². The van der Waals surface area contributed by atoms with E-state index in [0.717, 1.165) is 12.1 Å². The van der Waals surface area contributed by atoms with Crippen molar-refractivity contribution in [2.24, 2.45) is 0 Å². The van der Waals surface area contributed by atoms with E-state index in [9.17, 15) is 23.5 Å². The molecular formula is C20H20F2N2O3. The van der Waals surface area contributed by atoms with Crippen molar-refractivity contribution in [3.63, 3.8) is 0 Å². The zero-order valence-corrected chi connectivity index (χ0v) is 14.6. The number of hydrogen-bond acceptors (Lipinski definition) is 3. The van der Waals surface area contributed by atoms with Crippen LogP contribution in [-0.4, -0.2) is 47.1 Å². The van der Waals surface area contributed by atoms with Gasteiger partial charge < -0.3 is 15.3 Å². The van der Waals surface area contributed by atoms with Crippen LogP contribution in [0, 0.1) is 11.6 Å². The van der Waals surface area contributed by atoms with Gasteiger partial charge in [0.05, 0.1) is 18.6 Å². The van der Waals surface area contributed by atoms with Gasteiger partial charge in [-0.1, -0.05) is 24.3 Å². The van der Waals surface area contributed by atoms with E-state index in [1.54, 1.807) is 30.3 Å². The molecule has 2 aromatic rings. The fraction of sp³-hybridized carbons (Fsp3) is 0.300. The number of amides is 2. The normalized spacial score (nSPS) is 19.6. The summed E-state index contributed by atoms with van der Waals surface area (Å²) in [6.07, 6.45) is -0.745. The number of hydrogen-bond donors (Lipinski definition) is 2. The van der Waals surface area contributed by atoms with Crippen LogP contribution in [-0.2, 0) is 11.2 Å². The first-order chi connectivity index (χ1) is 12.9.